The lowest BCUT2D eigenvalue weighted by atomic mass is 10.1. The fourth-order valence-electron chi connectivity index (χ4n) is 2.28. The molecule has 0 aliphatic rings. The molecule has 30 heavy (non-hydrogen) atoms. The molecule has 0 heterocycles. The van der Waals surface area contributed by atoms with Crippen molar-refractivity contribution in [3.63, 3.8) is 0 Å². The van der Waals surface area contributed by atoms with Gasteiger partial charge in [0.2, 0.25) is 23.6 Å². The summed E-state index contributed by atoms with van der Waals surface area (Å²) in [5, 5.41) is 25.7. The largest absolute Gasteiger partial charge is 0.480 e. The van der Waals surface area contributed by atoms with Crippen molar-refractivity contribution in [2.24, 2.45) is 11.5 Å². The molecule has 0 saturated carbocycles. The van der Waals surface area contributed by atoms with Gasteiger partial charge in [-0.25, -0.2) is 4.79 Å². The first-order chi connectivity index (χ1) is 13.9. The van der Waals surface area contributed by atoms with Crippen LogP contribution in [0.15, 0.2) is 0 Å². The summed E-state index contributed by atoms with van der Waals surface area (Å²) in [6.07, 6.45) is 0.204. The van der Waals surface area contributed by atoms with E-state index in [1.165, 1.54) is 25.6 Å². The van der Waals surface area contributed by atoms with Gasteiger partial charge in [0.15, 0.2) is 6.04 Å². The van der Waals surface area contributed by atoms with Gasteiger partial charge in [-0.2, -0.15) is 11.8 Å². The van der Waals surface area contributed by atoms with Crippen LogP contribution < -0.4 is 27.4 Å². The number of hydrogen-bond donors (Lipinski definition) is 7. The first kappa shape index (κ1) is 27.6. The third kappa shape index (κ3) is 10.4. The molecule has 0 saturated heterocycles. The lowest BCUT2D eigenvalue weighted by molar-refractivity contribution is -0.145. The Balaban J connectivity index is 5.43. The molecule has 172 valence electrons. The molecule has 4 amide bonds. The molecule has 0 aromatic rings. The maximum Gasteiger partial charge on any atom is 0.328 e. The molecule has 0 radical (unpaired) electrons. The normalized spacial score (nSPS) is 15.8. The molecule has 0 aliphatic heterocycles. The summed E-state index contributed by atoms with van der Waals surface area (Å²) in [5.74, 6) is -3.85. The average molecular weight is 450 g/mol. The van der Waals surface area contributed by atoms with Gasteiger partial charge in [-0.3, -0.25) is 19.2 Å². The van der Waals surface area contributed by atoms with Crippen LogP contribution in [0, 0.1) is 0 Å². The number of thioether (sulfide) groups is 1. The zero-order valence-electron chi connectivity index (χ0n) is 17.2. The van der Waals surface area contributed by atoms with Crippen LogP contribution >= 0.6 is 11.8 Å². The zero-order chi connectivity index (χ0) is 23.4. The number of aliphatic carboxylic acids is 1. The van der Waals surface area contributed by atoms with E-state index in [-0.39, 0.29) is 19.3 Å². The predicted molar refractivity (Wildman–Crippen MR) is 110 cm³/mol. The van der Waals surface area contributed by atoms with E-state index in [9.17, 15) is 29.1 Å². The first-order valence-corrected chi connectivity index (χ1v) is 10.6. The fraction of sp³-hybridized carbons (Fsp3) is 0.706. The highest BCUT2D eigenvalue weighted by molar-refractivity contribution is 7.98. The molecule has 0 rings (SSSR count). The van der Waals surface area contributed by atoms with Gasteiger partial charge in [0.05, 0.1) is 12.1 Å². The number of hydrogen-bond acceptors (Lipinski definition) is 8. The van der Waals surface area contributed by atoms with Crippen molar-refractivity contribution < 1.29 is 34.2 Å². The molecule has 0 fully saturated rings. The second kappa shape index (κ2) is 13.8. The Labute approximate surface area is 178 Å². The van der Waals surface area contributed by atoms with E-state index in [0.29, 0.717) is 5.75 Å². The molecule has 9 N–H and O–H groups in total. The van der Waals surface area contributed by atoms with Crippen LogP contribution in [0.4, 0.5) is 0 Å². The molecule has 0 aliphatic carbocycles. The van der Waals surface area contributed by atoms with Crippen molar-refractivity contribution >= 4 is 41.4 Å². The van der Waals surface area contributed by atoms with Gasteiger partial charge in [0, 0.05) is 6.42 Å². The second-order valence-electron chi connectivity index (χ2n) is 6.76. The third-order valence-electron chi connectivity index (χ3n) is 4.02. The van der Waals surface area contributed by atoms with Crippen molar-refractivity contribution in [1.82, 2.24) is 16.0 Å². The molecule has 13 heteroatoms. The van der Waals surface area contributed by atoms with Crippen LogP contribution in [0.5, 0.6) is 0 Å². The Kier molecular flexibility index (Phi) is 12.7. The number of carbonyl (C=O) groups is 5. The molecular weight excluding hydrogens is 418 g/mol. The van der Waals surface area contributed by atoms with E-state index in [1.54, 1.807) is 0 Å². The average Bonchev–Trinajstić information content (AvgIpc) is 2.64. The van der Waals surface area contributed by atoms with Crippen molar-refractivity contribution in [3.8, 4) is 0 Å². The Morgan fingerprint density at radius 3 is 1.87 bits per heavy atom. The number of carboxylic acid groups (broad SMARTS) is 1. The lowest BCUT2D eigenvalue weighted by Crippen LogP contribution is -2.58. The van der Waals surface area contributed by atoms with Crippen LogP contribution in [-0.4, -0.2) is 82.1 Å². The maximum absolute atomic E-state index is 12.7. The van der Waals surface area contributed by atoms with Crippen molar-refractivity contribution in [3.05, 3.63) is 0 Å². The molecule has 0 aromatic heterocycles. The van der Waals surface area contributed by atoms with Crippen molar-refractivity contribution in [2.75, 3.05) is 12.0 Å². The number of aliphatic hydroxyl groups is 1. The lowest BCUT2D eigenvalue weighted by Gasteiger charge is -2.25. The smallest absolute Gasteiger partial charge is 0.328 e. The molecule has 0 aromatic carbocycles. The summed E-state index contributed by atoms with van der Waals surface area (Å²) in [5.41, 5.74) is 10.6. The van der Waals surface area contributed by atoms with Gasteiger partial charge >= 0.3 is 5.97 Å². The minimum Gasteiger partial charge on any atom is -0.480 e. The quantitative estimate of drug-likeness (QED) is 0.146. The molecule has 5 atom stereocenters. The van der Waals surface area contributed by atoms with Crippen LogP contribution in [0.1, 0.15) is 33.1 Å². The summed E-state index contributed by atoms with van der Waals surface area (Å²) in [6, 6.07) is -4.78. The summed E-state index contributed by atoms with van der Waals surface area (Å²) < 4.78 is 0. The van der Waals surface area contributed by atoms with E-state index in [4.69, 9.17) is 16.6 Å². The molecule has 5 unspecified atom stereocenters. The number of carbonyl (C=O) groups excluding carboxylic acids is 4. The summed E-state index contributed by atoms with van der Waals surface area (Å²) >= 11 is 1.44. The number of nitrogens with one attached hydrogen (secondary N) is 3. The maximum atomic E-state index is 12.7. The Morgan fingerprint density at radius 2 is 1.43 bits per heavy atom. The molecular formula is C17H31N5O7S. The van der Waals surface area contributed by atoms with Crippen molar-refractivity contribution in [2.45, 2.75) is 63.4 Å². The Morgan fingerprint density at radius 1 is 0.933 bits per heavy atom. The van der Waals surface area contributed by atoms with E-state index in [0.717, 1.165) is 0 Å². The minimum atomic E-state index is -1.62. The van der Waals surface area contributed by atoms with E-state index < -0.39 is 59.9 Å². The summed E-state index contributed by atoms with van der Waals surface area (Å²) in [4.78, 5) is 59.4. The van der Waals surface area contributed by atoms with E-state index in [1.807, 2.05) is 6.26 Å². The number of aliphatic hydroxyl groups excluding tert-OH is 1. The van der Waals surface area contributed by atoms with Gasteiger partial charge in [-0.05, 0) is 38.7 Å². The SMILES string of the molecule is CSCCC(NC(=O)C(C)N)C(=O)NC(CCC(N)=O)C(=O)NC(C(=O)O)C(C)O. The van der Waals surface area contributed by atoms with Gasteiger partial charge in [0.1, 0.15) is 12.1 Å². The monoisotopic (exact) mass is 449 g/mol. The Bertz CT molecular complexity index is 630. The van der Waals surface area contributed by atoms with Crippen molar-refractivity contribution in [1.29, 1.82) is 0 Å². The molecule has 0 spiro atoms. The topological polar surface area (TPSA) is 214 Å². The summed E-state index contributed by atoms with van der Waals surface area (Å²) in [6.45, 7) is 2.63. The van der Waals surface area contributed by atoms with E-state index in [2.05, 4.69) is 16.0 Å². The fourth-order valence-corrected chi connectivity index (χ4v) is 2.75. The third-order valence-corrected chi connectivity index (χ3v) is 4.66. The number of rotatable bonds is 14. The van der Waals surface area contributed by atoms with Gasteiger partial charge in [-0.15, -0.1) is 0 Å². The predicted octanol–water partition coefficient (Wildman–Crippen LogP) is -2.73. The number of amides is 4. The summed E-state index contributed by atoms with van der Waals surface area (Å²) in [7, 11) is 0. The van der Waals surface area contributed by atoms with Crippen LogP contribution in [0.2, 0.25) is 0 Å². The number of primary amides is 1. The highest BCUT2D eigenvalue weighted by Gasteiger charge is 2.31. The first-order valence-electron chi connectivity index (χ1n) is 9.25. The standard InChI is InChI=1S/C17H31N5O7S/c1-8(18)14(25)20-11(6-7-30-3)15(26)21-10(4-5-12(19)24)16(27)22-13(9(2)23)17(28)29/h8-11,13,23H,4-7,18H2,1-3H3,(H2,19,24)(H,20,25)(H,21,26)(H,22,27)(H,28,29). The van der Waals surface area contributed by atoms with Crippen LogP contribution in [0.25, 0.3) is 0 Å². The molecule has 0 bridgehead atoms. The van der Waals surface area contributed by atoms with Gasteiger partial charge in [0.25, 0.3) is 0 Å². The number of carboxylic acids is 1. The zero-order valence-corrected chi connectivity index (χ0v) is 18.0. The van der Waals surface area contributed by atoms with Gasteiger partial charge in [-0.1, -0.05) is 0 Å². The van der Waals surface area contributed by atoms with Crippen LogP contribution in [-0.2, 0) is 24.0 Å². The van der Waals surface area contributed by atoms with E-state index >= 15 is 0 Å². The van der Waals surface area contributed by atoms with Crippen LogP contribution in [0.3, 0.4) is 0 Å². The molecule has 12 nitrogen and oxygen atoms in total. The second-order valence-corrected chi connectivity index (χ2v) is 7.75. The highest BCUT2D eigenvalue weighted by atomic mass is 32.2. The minimum absolute atomic E-state index is 0.199. The van der Waals surface area contributed by atoms with Gasteiger partial charge < -0.3 is 37.6 Å². The number of nitrogens with two attached hydrogens (primary N) is 2. The highest BCUT2D eigenvalue weighted by Crippen LogP contribution is 2.05. The Hall–Kier alpha value is -2.38.